The molecular formula is C17H24FNO. The molecule has 2 nitrogen and oxygen atoms in total. The van der Waals surface area contributed by atoms with Crippen LogP contribution in [0, 0.1) is 11.7 Å². The van der Waals surface area contributed by atoms with E-state index in [1.165, 1.54) is 31.2 Å². The molecule has 2 aliphatic rings. The second kappa shape index (κ2) is 6.68. The maximum Gasteiger partial charge on any atom is 0.123 e. The molecule has 2 unspecified atom stereocenters. The highest BCUT2D eigenvalue weighted by Gasteiger charge is 2.25. The van der Waals surface area contributed by atoms with E-state index in [4.69, 9.17) is 4.74 Å². The molecule has 0 radical (unpaired) electrons. The van der Waals surface area contributed by atoms with Crippen molar-refractivity contribution >= 4 is 0 Å². The average molecular weight is 277 g/mol. The Morgan fingerprint density at radius 1 is 1.20 bits per heavy atom. The summed E-state index contributed by atoms with van der Waals surface area (Å²) in [6.45, 7) is 1.98. The Morgan fingerprint density at radius 3 is 2.65 bits per heavy atom. The molecule has 1 heterocycles. The average Bonchev–Trinajstić information content (AvgIpc) is 3.15. The van der Waals surface area contributed by atoms with Gasteiger partial charge in [0.2, 0.25) is 0 Å². The van der Waals surface area contributed by atoms with Crippen LogP contribution in [0.3, 0.4) is 0 Å². The Balaban J connectivity index is 1.55. The number of benzene rings is 1. The lowest BCUT2D eigenvalue weighted by molar-refractivity contribution is 0.0892. The molecule has 1 aliphatic heterocycles. The van der Waals surface area contributed by atoms with Gasteiger partial charge in [-0.1, -0.05) is 12.1 Å². The summed E-state index contributed by atoms with van der Waals surface area (Å²) in [5, 5.41) is 3.63. The fourth-order valence-electron chi connectivity index (χ4n) is 3.02. The smallest absolute Gasteiger partial charge is 0.123 e. The van der Waals surface area contributed by atoms with Crippen LogP contribution in [0.5, 0.6) is 0 Å². The van der Waals surface area contributed by atoms with Crippen molar-refractivity contribution < 1.29 is 9.13 Å². The molecule has 0 bridgehead atoms. The van der Waals surface area contributed by atoms with Gasteiger partial charge in [0.05, 0.1) is 6.10 Å². The van der Waals surface area contributed by atoms with E-state index in [1.54, 1.807) is 12.1 Å². The molecule has 0 spiro atoms. The number of rotatable bonds is 7. The molecule has 1 aromatic rings. The van der Waals surface area contributed by atoms with Crippen LogP contribution < -0.4 is 5.32 Å². The van der Waals surface area contributed by atoms with Gasteiger partial charge in [-0.3, -0.25) is 0 Å². The Bertz CT molecular complexity index is 410. The first kappa shape index (κ1) is 14.0. The fourth-order valence-corrected chi connectivity index (χ4v) is 3.02. The monoisotopic (exact) mass is 277 g/mol. The molecule has 2 atom stereocenters. The van der Waals surface area contributed by atoms with Crippen molar-refractivity contribution in [2.75, 3.05) is 13.2 Å². The molecule has 1 N–H and O–H groups in total. The van der Waals surface area contributed by atoms with Gasteiger partial charge in [0.15, 0.2) is 0 Å². The predicted octanol–water partition coefficient (Wildman–Crippen LogP) is 3.31. The van der Waals surface area contributed by atoms with Gasteiger partial charge in [-0.05, 0) is 68.7 Å². The molecule has 1 saturated carbocycles. The number of nitrogens with one attached hydrogen (secondary N) is 1. The molecule has 0 aromatic heterocycles. The summed E-state index contributed by atoms with van der Waals surface area (Å²) >= 11 is 0. The molecule has 20 heavy (non-hydrogen) atoms. The molecule has 3 rings (SSSR count). The lowest BCUT2D eigenvalue weighted by Gasteiger charge is -2.21. The van der Waals surface area contributed by atoms with Gasteiger partial charge in [-0.15, -0.1) is 0 Å². The van der Waals surface area contributed by atoms with Crippen molar-refractivity contribution in [1.29, 1.82) is 0 Å². The highest BCUT2D eigenvalue weighted by molar-refractivity contribution is 5.16. The van der Waals surface area contributed by atoms with Gasteiger partial charge in [-0.25, -0.2) is 4.39 Å². The zero-order chi connectivity index (χ0) is 13.8. The Labute approximate surface area is 120 Å². The van der Waals surface area contributed by atoms with Crippen LogP contribution in [-0.4, -0.2) is 25.3 Å². The van der Waals surface area contributed by atoms with E-state index >= 15 is 0 Å². The highest BCUT2D eigenvalue weighted by Crippen LogP contribution is 2.24. The third-order valence-corrected chi connectivity index (χ3v) is 4.33. The number of halogens is 1. The van der Waals surface area contributed by atoms with Crippen molar-refractivity contribution in [3.05, 3.63) is 35.6 Å². The molecule has 1 aromatic carbocycles. The molecule has 110 valence electrons. The second-order valence-corrected chi connectivity index (χ2v) is 6.25. The summed E-state index contributed by atoms with van der Waals surface area (Å²) in [5.74, 6) is 0.435. The van der Waals surface area contributed by atoms with Crippen molar-refractivity contribution in [3.8, 4) is 0 Å². The van der Waals surface area contributed by atoms with Crippen molar-refractivity contribution in [1.82, 2.24) is 5.32 Å². The summed E-state index contributed by atoms with van der Waals surface area (Å²) in [7, 11) is 0. The standard InChI is InChI=1S/C17H24FNO/c18-15-5-3-13(4-6-15)10-14(12-19-16-7-8-16)11-17-2-1-9-20-17/h3-6,14,16-17,19H,1-2,7-12H2. The van der Waals surface area contributed by atoms with Gasteiger partial charge < -0.3 is 10.1 Å². The molecular weight excluding hydrogens is 253 g/mol. The zero-order valence-electron chi connectivity index (χ0n) is 12.0. The van der Waals surface area contributed by atoms with Gasteiger partial charge in [-0.2, -0.15) is 0 Å². The lowest BCUT2D eigenvalue weighted by atomic mass is 9.92. The summed E-state index contributed by atoms with van der Waals surface area (Å²) in [4.78, 5) is 0. The van der Waals surface area contributed by atoms with Crippen LogP contribution in [0.25, 0.3) is 0 Å². The number of hydrogen-bond acceptors (Lipinski definition) is 2. The summed E-state index contributed by atoms with van der Waals surface area (Å²) in [6, 6.07) is 7.69. The van der Waals surface area contributed by atoms with Crippen molar-refractivity contribution in [3.63, 3.8) is 0 Å². The third-order valence-electron chi connectivity index (χ3n) is 4.33. The Hall–Kier alpha value is -0.930. The minimum atomic E-state index is -0.152. The maximum atomic E-state index is 13.0. The molecule has 1 saturated heterocycles. The molecule has 0 amide bonds. The summed E-state index contributed by atoms with van der Waals surface area (Å²) < 4.78 is 18.8. The first-order valence-electron chi connectivity index (χ1n) is 7.89. The van der Waals surface area contributed by atoms with Crippen molar-refractivity contribution in [2.24, 2.45) is 5.92 Å². The minimum absolute atomic E-state index is 0.152. The third kappa shape index (κ3) is 4.29. The second-order valence-electron chi connectivity index (χ2n) is 6.25. The maximum absolute atomic E-state index is 13.0. The summed E-state index contributed by atoms with van der Waals surface area (Å²) in [6.07, 6.45) is 7.61. The van der Waals surface area contributed by atoms with Gasteiger partial charge in [0, 0.05) is 12.6 Å². The quantitative estimate of drug-likeness (QED) is 0.825. The van der Waals surface area contributed by atoms with E-state index in [0.717, 1.165) is 32.0 Å². The first-order chi connectivity index (χ1) is 9.79. The molecule has 1 aliphatic carbocycles. The molecule has 2 fully saturated rings. The number of hydrogen-bond donors (Lipinski definition) is 1. The largest absolute Gasteiger partial charge is 0.378 e. The zero-order valence-corrected chi connectivity index (χ0v) is 12.0. The Kier molecular flexibility index (Phi) is 4.69. The number of ether oxygens (including phenoxy) is 1. The van der Waals surface area contributed by atoms with Crippen LogP contribution in [-0.2, 0) is 11.2 Å². The van der Waals surface area contributed by atoms with Crippen LogP contribution in [0.2, 0.25) is 0 Å². The van der Waals surface area contributed by atoms with Gasteiger partial charge in [0.1, 0.15) is 5.82 Å². The summed E-state index contributed by atoms with van der Waals surface area (Å²) in [5.41, 5.74) is 1.23. The predicted molar refractivity (Wildman–Crippen MR) is 78.2 cm³/mol. The normalized spacial score (nSPS) is 23.9. The van der Waals surface area contributed by atoms with Gasteiger partial charge in [0.25, 0.3) is 0 Å². The SMILES string of the molecule is Fc1ccc(CC(CNC2CC2)CC2CCCO2)cc1. The van der Waals surface area contributed by atoms with Crippen molar-refractivity contribution in [2.45, 2.75) is 50.7 Å². The van der Waals surface area contributed by atoms with E-state index in [0.29, 0.717) is 12.0 Å². The topological polar surface area (TPSA) is 21.3 Å². The van der Waals surface area contributed by atoms with E-state index < -0.39 is 0 Å². The van der Waals surface area contributed by atoms with E-state index in [2.05, 4.69) is 5.32 Å². The Morgan fingerprint density at radius 2 is 2.00 bits per heavy atom. The molecule has 3 heteroatoms. The van der Waals surface area contributed by atoms with Crippen LogP contribution in [0.1, 0.15) is 37.7 Å². The van der Waals surface area contributed by atoms with Crippen LogP contribution in [0.4, 0.5) is 4.39 Å². The van der Waals surface area contributed by atoms with Gasteiger partial charge >= 0.3 is 0 Å². The highest BCUT2D eigenvalue weighted by atomic mass is 19.1. The minimum Gasteiger partial charge on any atom is -0.378 e. The van der Waals surface area contributed by atoms with E-state index in [9.17, 15) is 4.39 Å². The fraction of sp³-hybridized carbons (Fsp3) is 0.647. The van der Waals surface area contributed by atoms with E-state index in [-0.39, 0.29) is 5.82 Å². The van der Waals surface area contributed by atoms with Crippen LogP contribution >= 0.6 is 0 Å². The van der Waals surface area contributed by atoms with Crippen LogP contribution in [0.15, 0.2) is 24.3 Å². The lowest BCUT2D eigenvalue weighted by Crippen LogP contribution is -2.28. The first-order valence-corrected chi connectivity index (χ1v) is 7.89. The van der Waals surface area contributed by atoms with E-state index in [1.807, 2.05) is 12.1 Å².